The Morgan fingerprint density at radius 3 is 2.69 bits per heavy atom. The molecule has 1 rings (SSSR count). The second-order valence-corrected chi connectivity index (χ2v) is 3.66. The van der Waals surface area contributed by atoms with Crippen molar-refractivity contribution in [2.45, 2.75) is 26.2 Å². The highest BCUT2D eigenvalue weighted by molar-refractivity contribution is 5.13. The normalized spacial score (nSPS) is 12.8. The van der Waals surface area contributed by atoms with Gasteiger partial charge in [-0.3, -0.25) is 4.68 Å². The number of aryl methyl sites for hydroxylation is 1. The monoisotopic (exact) mass is 177 g/mol. The molecule has 13 heavy (non-hydrogen) atoms. The number of aromatic nitrogens is 2. The summed E-state index contributed by atoms with van der Waals surface area (Å²) in [6, 6.07) is 2.22. The highest BCUT2D eigenvalue weighted by Crippen LogP contribution is 2.26. The molecule has 0 N–H and O–H groups in total. The molecule has 0 radical (unpaired) electrons. The lowest BCUT2D eigenvalue weighted by Crippen LogP contribution is -2.04. The van der Waals surface area contributed by atoms with E-state index in [1.54, 1.807) is 4.68 Å². The third kappa shape index (κ3) is 2.32. The topological polar surface area (TPSA) is 41.6 Å². The maximum absolute atomic E-state index is 8.68. The van der Waals surface area contributed by atoms with Gasteiger partial charge in [0, 0.05) is 25.6 Å². The van der Waals surface area contributed by atoms with E-state index in [1.807, 2.05) is 19.4 Å². The first kappa shape index (κ1) is 9.79. The van der Waals surface area contributed by atoms with Crippen LogP contribution in [0.5, 0.6) is 0 Å². The molecule has 0 aliphatic rings. The molecule has 1 aromatic heterocycles. The fourth-order valence-corrected chi connectivity index (χ4v) is 1.47. The first-order chi connectivity index (χ1) is 6.15. The first-order valence-electron chi connectivity index (χ1n) is 4.50. The summed E-state index contributed by atoms with van der Waals surface area (Å²) in [7, 11) is 1.90. The molecule has 0 aromatic carbocycles. The minimum absolute atomic E-state index is 0.318. The fourth-order valence-electron chi connectivity index (χ4n) is 1.47. The number of nitrogens with zero attached hydrogens (tertiary/aromatic N) is 3. The van der Waals surface area contributed by atoms with E-state index in [-0.39, 0.29) is 0 Å². The van der Waals surface area contributed by atoms with E-state index < -0.39 is 0 Å². The molecule has 1 aromatic rings. The van der Waals surface area contributed by atoms with Crippen molar-refractivity contribution in [1.29, 1.82) is 5.26 Å². The summed E-state index contributed by atoms with van der Waals surface area (Å²) in [5.74, 6) is 0.808. The Morgan fingerprint density at radius 2 is 2.31 bits per heavy atom. The van der Waals surface area contributed by atoms with Gasteiger partial charge < -0.3 is 0 Å². The summed E-state index contributed by atoms with van der Waals surface area (Å²) in [5, 5.41) is 12.8. The van der Waals surface area contributed by atoms with Crippen LogP contribution in [-0.2, 0) is 7.05 Å². The van der Waals surface area contributed by atoms with Gasteiger partial charge >= 0.3 is 0 Å². The molecule has 0 saturated carbocycles. The molecule has 0 aliphatic heterocycles. The van der Waals surface area contributed by atoms with Gasteiger partial charge in [0.1, 0.15) is 0 Å². The standard InChI is InChI=1S/C10H15N3/c1-8(2)10(4-5-11)9-6-12-13(3)7-9/h6-8,10H,4H2,1-3H3. The Balaban J connectivity index is 2.83. The summed E-state index contributed by atoms with van der Waals surface area (Å²) in [6.45, 7) is 4.27. The van der Waals surface area contributed by atoms with E-state index in [0.717, 1.165) is 0 Å². The minimum Gasteiger partial charge on any atom is -0.276 e. The van der Waals surface area contributed by atoms with Crippen molar-refractivity contribution in [3.63, 3.8) is 0 Å². The van der Waals surface area contributed by atoms with Crippen LogP contribution in [-0.4, -0.2) is 9.78 Å². The van der Waals surface area contributed by atoms with Gasteiger partial charge in [0.15, 0.2) is 0 Å². The lowest BCUT2D eigenvalue weighted by atomic mass is 9.88. The SMILES string of the molecule is CC(C)C(CC#N)c1cnn(C)c1. The van der Waals surface area contributed by atoms with Gasteiger partial charge in [-0.1, -0.05) is 13.8 Å². The molecule has 1 unspecified atom stereocenters. The maximum Gasteiger partial charge on any atom is 0.0628 e. The molecule has 0 spiro atoms. The summed E-state index contributed by atoms with van der Waals surface area (Å²) in [4.78, 5) is 0. The van der Waals surface area contributed by atoms with Crippen LogP contribution in [0.1, 0.15) is 31.7 Å². The molecule has 0 fully saturated rings. The highest BCUT2D eigenvalue weighted by Gasteiger charge is 2.16. The summed E-state index contributed by atoms with van der Waals surface area (Å²) >= 11 is 0. The third-order valence-electron chi connectivity index (χ3n) is 2.27. The van der Waals surface area contributed by atoms with Crippen molar-refractivity contribution in [2.24, 2.45) is 13.0 Å². The van der Waals surface area contributed by atoms with Crippen LogP contribution >= 0.6 is 0 Å². The Bertz CT molecular complexity index is 306. The van der Waals surface area contributed by atoms with Crippen LogP contribution in [0.15, 0.2) is 12.4 Å². The molecule has 0 aliphatic carbocycles. The molecule has 1 atom stereocenters. The summed E-state index contributed by atoms with van der Waals surface area (Å²) < 4.78 is 1.78. The van der Waals surface area contributed by atoms with E-state index in [1.165, 1.54) is 5.56 Å². The number of rotatable bonds is 3. The maximum atomic E-state index is 8.68. The van der Waals surface area contributed by atoms with E-state index in [9.17, 15) is 0 Å². The van der Waals surface area contributed by atoms with E-state index in [4.69, 9.17) is 5.26 Å². The van der Waals surface area contributed by atoms with Gasteiger partial charge in [-0.25, -0.2) is 0 Å². The number of hydrogen-bond donors (Lipinski definition) is 0. The number of hydrogen-bond acceptors (Lipinski definition) is 2. The van der Waals surface area contributed by atoms with Crippen LogP contribution in [0.4, 0.5) is 0 Å². The van der Waals surface area contributed by atoms with Crippen LogP contribution in [0.25, 0.3) is 0 Å². The lowest BCUT2D eigenvalue weighted by Gasteiger charge is -2.15. The van der Waals surface area contributed by atoms with Crippen molar-refractivity contribution in [1.82, 2.24) is 9.78 Å². The predicted molar refractivity (Wildman–Crippen MR) is 51.0 cm³/mol. The minimum atomic E-state index is 0.318. The van der Waals surface area contributed by atoms with Crippen LogP contribution in [0, 0.1) is 17.2 Å². The number of nitriles is 1. The van der Waals surface area contributed by atoms with E-state index >= 15 is 0 Å². The third-order valence-corrected chi connectivity index (χ3v) is 2.27. The Labute approximate surface area is 79.0 Å². The quantitative estimate of drug-likeness (QED) is 0.709. The molecule has 0 amide bonds. The molecule has 3 nitrogen and oxygen atoms in total. The average Bonchev–Trinajstić information content (AvgIpc) is 2.46. The zero-order valence-corrected chi connectivity index (χ0v) is 8.36. The van der Waals surface area contributed by atoms with E-state index in [0.29, 0.717) is 18.3 Å². The Morgan fingerprint density at radius 1 is 1.62 bits per heavy atom. The second-order valence-electron chi connectivity index (χ2n) is 3.66. The van der Waals surface area contributed by atoms with Gasteiger partial charge in [0.2, 0.25) is 0 Å². The van der Waals surface area contributed by atoms with Crippen molar-refractivity contribution < 1.29 is 0 Å². The smallest absolute Gasteiger partial charge is 0.0628 e. The summed E-state index contributed by atoms with van der Waals surface area (Å²) in [5.41, 5.74) is 1.17. The largest absolute Gasteiger partial charge is 0.276 e. The average molecular weight is 177 g/mol. The van der Waals surface area contributed by atoms with Gasteiger partial charge in [0.05, 0.1) is 12.3 Å². The second kappa shape index (κ2) is 4.08. The van der Waals surface area contributed by atoms with Gasteiger partial charge in [-0.15, -0.1) is 0 Å². The van der Waals surface area contributed by atoms with Crippen LogP contribution in [0.3, 0.4) is 0 Å². The molecular formula is C10H15N3. The Hall–Kier alpha value is -1.30. The first-order valence-corrected chi connectivity index (χ1v) is 4.50. The van der Waals surface area contributed by atoms with Crippen LogP contribution < -0.4 is 0 Å². The highest BCUT2D eigenvalue weighted by atomic mass is 15.2. The molecule has 1 heterocycles. The zero-order valence-electron chi connectivity index (χ0n) is 8.36. The van der Waals surface area contributed by atoms with Gasteiger partial charge in [0.25, 0.3) is 0 Å². The fraction of sp³-hybridized carbons (Fsp3) is 0.600. The lowest BCUT2D eigenvalue weighted by molar-refractivity contribution is 0.505. The molecule has 70 valence electrons. The van der Waals surface area contributed by atoms with Crippen molar-refractivity contribution in [3.05, 3.63) is 18.0 Å². The predicted octanol–water partition coefficient (Wildman–Crippen LogP) is 2.07. The zero-order chi connectivity index (χ0) is 9.84. The van der Waals surface area contributed by atoms with Crippen molar-refractivity contribution in [2.75, 3.05) is 0 Å². The summed E-state index contributed by atoms with van der Waals surface area (Å²) in [6.07, 6.45) is 4.41. The van der Waals surface area contributed by atoms with Gasteiger partial charge in [-0.2, -0.15) is 10.4 Å². The molecular weight excluding hydrogens is 162 g/mol. The van der Waals surface area contributed by atoms with Crippen molar-refractivity contribution >= 4 is 0 Å². The van der Waals surface area contributed by atoms with Crippen molar-refractivity contribution in [3.8, 4) is 6.07 Å². The Kier molecular flexibility index (Phi) is 3.07. The van der Waals surface area contributed by atoms with E-state index in [2.05, 4.69) is 25.0 Å². The van der Waals surface area contributed by atoms with Crippen LogP contribution in [0.2, 0.25) is 0 Å². The van der Waals surface area contributed by atoms with Gasteiger partial charge in [-0.05, 0) is 11.5 Å². The molecule has 0 saturated heterocycles. The molecule has 3 heteroatoms. The molecule has 0 bridgehead atoms.